The first-order valence-electron chi connectivity index (χ1n) is 7.88. The summed E-state index contributed by atoms with van der Waals surface area (Å²) in [5.41, 5.74) is 3.12. The molecule has 0 spiro atoms. The minimum absolute atomic E-state index is 0.0563. The van der Waals surface area contributed by atoms with Gasteiger partial charge in [0.05, 0.1) is 18.2 Å². The van der Waals surface area contributed by atoms with Crippen molar-refractivity contribution >= 4 is 5.91 Å². The molecule has 0 unspecified atom stereocenters. The van der Waals surface area contributed by atoms with Crippen molar-refractivity contribution in [2.45, 2.75) is 59.6 Å². The lowest BCUT2D eigenvalue weighted by atomic mass is 10.1. The molecular formula is C16H27N3O2. The number of nitrogens with zero attached hydrogens (tertiary/aromatic N) is 2. The molecule has 0 aliphatic carbocycles. The van der Waals surface area contributed by atoms with Crippen molar-refractivity contribution in [2.75, 3.05) is 13.2 Å². The van der Waals surface area contributed by atoms with E-state index in [1.807, 2.05) is 18.5 Å². The molecular weight excluding hydrogens is 266 g/mol. The number of hydrogen-bond donors (Lipinski definition) is 1. The fourth-order valence-electron chi connectivity index (χ4n) is 2.77. The highest BCUT2D eigenvalue weighted by molar-refractivity contribution is 5.79. The highest BCUT2D eigenvalue weighted by Crippen LogP contribution is 2.15. The molecule has 1 amide bonds. The normalized spacial score (nSPS) is 18.4. The van der Waals surface area contributed by atoms with Gasteiger partial charge in [-0.15, -0.1) is 0 Å². The predicted octanol–water partition coefficient (Wildman–Crippen LogP) is 1.99. The van der Waals surface area contributed by atoms with Crippen LogP contribution >= 0.6 is 0 Å². The van der Waals surface area contributed by atoms with Gasteiger partial charge in [0.2, 0.25) is 5.91 Å². The zero-order valence-electron chi connectivity index (χ0n) is 13.6. The van der Waals surface area contributed by atoms with Crippen LogP contribution in [0.15, 0.2) is 0 Å². The molecule has 1 aromatic heterocycles. The third-order valence-electron chi connectivity index (χ3n) is 3.96. The van der Waals surface area contributed by atoms with Crippen LogP contribution in [0.4, 0.5) is 0 Å². The van der Waals surface area contributed by atoms with Gasteiger partial charge in [-0.1, -0.05) is 13.8 Å². The van der Waals surface area contributed by atoms with Crippen molar-refractivity contribution in [1.82, 2.24) is 15.1 Å². The second kappa shape index (κ2) is 7.07. The Balaban J connectivity index is 1.92. The van der Waals surface area contributed by atoms with Gasteiger partial charge in [-0.3, -0.25) is 9.48 Å². The predicted molar refractivity (Wildman–Crippen MR) is 82.2 cm³/mol. The molecule has 5 heteroatoms. The molecule has 2 heterocycles. The summed E-state index contributed by atoms with van der Waals surface area (Å²) in [6, 6.07) is 0. The lowest BCUT2D eigenvalue weighted by Crippen LogP contribution is -2.33. The van der Waals surface area contributed by atoms with E-state index in [-0.39, 0.29) is 12.0 Å². The fraction of sp³-hybridized carbons (Fsp3) is 0.750. The van der Waals surface area contributed by atoms with E-state index in [0.29, 0.717) is 18.9 Å². The molecule has 0 saturated carbocycles. The molecule has 1 saturated heterocycles. The van der Waals surface area contributed by atoms with Crippen molar-refractivity contribution in [3.05, 3.63) is 17.0 Å². The first kappa shape index (κ1) is 16.0. The molecule has 1 aliphatic heterocycles. The van der Waals surface area contributed by atoms with E-state index in [4.69, 9.17) is 4.74 Å². The topological polar surface area (TPSA) is 56.2 Å². The van der Waals surface area contributed by atoms with Crippen molar-refractivity contribution in [2.24, 2.45) is 5.92 Å². The number of ether oxygens (including phenoxy) is 1. The van der Waals surface area contributed by atoms with E-state index in [1.165, 1.54) is 0 Å². The third-order valence-corrected chi connectivity index (χ3v) is 3.96. The van der Waals surface area contributed by atoms with E-state index >= 15 is 0 Å². The molecule has 21 heavy (non-hydrogen) atoms. The molecule has 0 radical (unpaired) electrons. The summed E-state index contributed by atoms with van der Waals surface area (Å²) in [6.07, 6.45) is 2.74. The molecule has 0 aromatic carbocycles. The first-order valence-corrected chi connectivity index (χ1v) is 7.88. The van der Waals surface area contributed by atoms with Crippen molar-refractivity contribution < 1.29 is 9.53 Å². The van der Waals surface area contributed by atoms with Crippen LogP contribution in [0.25, 0.3) is 0 Å². The largest absolute Gasteiger partial charge is 0.376 e. The van der Waals surface area contributed by atoms with Gasteiger partial charge < -0.3 is 10.1 Å². The number of nitrogens with one attached hydrogen (secondary N) is 1. The molecule has 1 aliphatic rings. The summed E-state index contributed by atoms with van der Waals surface area (Å²) in [5.74, 6) is 0.602. The molecule has 2 rings (SSSR count). The van der Waals surface area contributed by atoms with Crippen LogP contribution in [-0.4, -0.2) is 34.9 Å². The van der Waals surface area contributed by atoms with Crippen LogP contribution < -0.4 is 5.32 Å². The number of carbonyl (C=O) groups excluding carboxylic acids is 1. The van der Waals surface area contributed by atoms with Crippen molar-refractivity contribution in [3.63, 3.8) is 0 Å². The van der Waals surface area contributed by atoms with Crippen LogP contribution in [0.1, 0.15) is 43.6 Å². The van der Waals surface area contributed by atoms with Crippen molar-refractivity contribution in [1.29, 1.82) is 0 Å². The summed E-state index contributed by atoms with van der Waals surface area (Å²) < 4.78 is 7.53. The maximum Gasteiger partial charge on any atom is 0.224 e. The molecule has 1 atom stereocenters. The number of hydrogen-bond acceptors (Lipinski definition) is 3. The Labute approximate surface area is 127 Å². The Morgan fingerprint density at radius 2 is 2.24 bits per heavy atom. The number of aromatic nitrogens is 2. The van der Waals surface area contributed by atoms with Gasteiger partial charge >= 0.3 is 0 Å². The SMILES string of the molecule is Cc1nn(CC(C)C)c(C)c1CC(=O)NC[C@H]1CCCO1. The van der Waals surface area contributed by atoms with Crippen LogP contribution in [0.2, 0.25) is 0 Å². The quantitative estimate of drug-likeness (QED) is 0.872. The van der Waals surface area contributed by atoms with E-state index < -0.39 is 0 Å². The van der Waals surface area contributed by atoms with E-state index in [9.17, 15) is 4.79 Å². The Hall–Kier alpha value is -1.36. The summed E-state index contributed by atoms with van der Waals surface area (Å²) in [7, 11) is 0. The maximum atomic E-state index is 12.1. The zero-order chi connectivity index (χ0) is 15.4. The second-order valence-corrected chi connectivity index (χ2v) is 6.34. The molecule has 5 nitrogen and oxygen atoms in total. The molecule has 1 aromatic rings. The van der Waals surface area contributed by atoms with Gasteiger partial charge in [-0.25, -0.2) is 0 Å². The highest BCUT2D eigenvalue weighted by Gasteiger charge is 2.18. The number of rotatable bonds is 6. The van der Waals surface area contributed by atoms with E-state index in [1.54, 1.807) is 0 Å². The molecule has 1 N–H and O–H groups in total. The Bertz CT molecular complexity index is 488. The van der Waals surface area contributed by atoms with E-state index in [2.05, 4.69) is 24.3 Å². The molecule has 1 fully saturated rings. The van der Waals surface area contributed by atoms with Gasteiger partial charge in [0.1, 0.15) is 0 Å². The Morgan fingerprint density at radius 3 is 2.86 bits per heavy atom. The summed E-state index contributed by atoms with van der Waals surface area (Å²) in [4.78, 5) is 12.1. The summed E-state index contributed by atoms with van der Waals surface area (Å²) in [5, 5.41) is 7.53. The molecule has 0 bridgehead atoms. The summed E-state index contributed by atoms with van der Waals surface area (Å²) in [6.45, 7) is 10.7. The summed E-state index contributed by atoms with van der Waals surface area (Å²) >= 11 is 0. The number of aryl methyl sites for hydroxylation is 1. The van der Waals surface area contributed by atoms with Gasteiger partial charge in [0.15, 0.2) is 0 Å². The fourth-order valence-corrected chi connectivity index (χ4v) is 2.77. The monoisotopic (exact) mass is 293 g/mol. The standard InChI is InChI=1S/C16H27N3O2/c1-11(2)10-19-13(4)15(12(3)18-19)8-16(20)17-9-14-6-5-7-21-14/h11,14H,5-10H2,1-4H3,(H,17,20)/t14-/m1/s1. The van der Waals surface area contributed by atoms with Crippen LogP contribution in [0.3, 0.4) is 0 Å². The Kier molecular flexibility index (Phi) is 5.39. The highest BCUT2D eigenvalue weighted by atomic mass is 16.5. The second-order valence-electron chi connectivity index (χ2n) is 6.34. The first-order chi connectivity index (χ1) is 9.97. The number of carbonyl (C=O) groups is 1. The van der Waals surface area contributed by atoms with E-state index in [0.717, 1.165) is 42.9 Å². The third kappa shape index (κ3) is 4.30. The average Bonchev–Trinajstić information content (AvgIpc) is 3.00. The van der Waals surface area contributed by atoms with Gasteiger partial charge in [-0.05, 0) is 32.6 Å². The smallest absolute Gasteiger partial charge is 0.224 e. The van der Waals surface area contributed by atoms with Crippen molar-refractivity contribution in [3.8, 4) is 0 Å². The van der Waals surface area contributed by atoms with Crippen LogP contribution in [-0.2, 0) is 22.5 Å². The lowest BCUT2D eigenvalue weighted by Gasteiger charge is -2.11. The minimum atomic E-state index is 0.0563. The molecule has 118 valence electrons. The van der Waals surface area contributed by atoms with Gasteiger partial charge in [-0.2, -0.15) is 5.10 Å². The average molecular weight is 293 g/mol. The van der Waals surface area contributed by atoms with Gasteiger partial charge in [0.25, 0.3) is 0 Å². The Morgan fingerprint density at radius 1 is 1.48 bits per heavy atom. The maximum absolute atomic E-state index is 12.1. The van der Waals surface area contributed by atoms with Crippen LogP contribution in [0.5, 0.6) is 0 Å². The van der Waals surface area contributed by atoms with Gasteiger partial charge in [0, 0.05) is 31.0 Å². The minimum Gasteiger partial charge on any atom is -0.376 e. The van der Waals surface area contributed by atoms with Crippen LogP contribution in [0, 0.1) is 19.8 Å². The lowest BCUT2D eigenvalue weighted by molar-refractivity contribution is -0.120. The number of amides is 1. The zero-order valence-corrected chi connectivity index (χ0v) is 13.6.